The first-order valence-corrected chi connectivity index (χ1v) is 15.8. The lowest BCUT2D eigenvalue weighted by atomic mass is 10.6. The molecule has 0 saturated carbocycles. The molecule has 0 unspecified atom stereocenters. The Morgan fingerprint density at radius 1 is 0.286 bits per heavy atom. The van der Waals surface area contributed by atoms with Gasteiger partial charge in [0, 0.05) is 6.26 Å². The number of aliphatic hydroxyl groups excluding tert-OH is 1. The van der Waals surface area contributed by atoms with Crippen molar-refractivity contribution in [1.82, 2.24) is 0 Å². The van der Waals surface area contributed by atoms with Crippen LogP contribution in [0.2, 0.25) is 0 Å². The quantitative estimate of drug-likeness (QED) is 0.0738. The Bertz CT molecular complexity index is 431. The van der Waals surface area contributed by atoms with Crippen LogP contribution in [-0.4, -0.2) is 183 Å². The van der Waals surface area contributed by atoms with E-state index in [2.05, 4.69) is 0 Å². The van der Waals surface area contributed by atoms with Crippen LogP contribution >= 0.6 is 12.0 Å². The summed E-state index contributed by atoms with van der Waals surface area (Å²) in [5.74, 6) is 0. The lowest BCUT2D eigenvalue weighted by molar-refractivity contribution is -0.0287. The predicted molar refractivity (Wildman–Crippen MR) is 156 cm³/mol. The van der Waals surface area contributed by atoms with Gasteiger partial charge in [0.2, 0.25) is 0 Å². The van der Waals surface area contributed by atoms with E-state index in [-0.39, 0.29) is 6.61 Å². The highest BCUT2D eigenvalue weighted by molar-refractivity contribution is 7.93. The standard InChI is InChI=1S/C27H56O14S/c1-42-41-27-26-40-25-24-39-23-22-38-21-20-37-19-18-36-17-16-35-15-14-34-13-12-33-11-10-32-9-8-31-7-6-30-5-4-29-3-2-28/h28H,2-27H2,1H3. The van der Waals surface area contributed by atoms with Crippen molar-refractivity contribution < 1.29 is 66.1 Å². The Kier molecular flexibility index (Phi) is 40.6. The molecule has 0 saturated heterocycles. The average Bonchev–Trinajstić information content (AvgIpc) is 3.00. The first kappa shape index (κ1) is 41.8. The highest BCUT2D eigenvalue weighted by Crippen LogP contribution is 1.93. The van der Waals surface area contributed by atoms with Crippen LogP contribution < -0.4 is 0 Å². The van der Waals surface area contributed by atoms with Crippen molar-refractivity contribution in [2.45, 2.75) is 0 Å². The maximum Gasteiger partial charge on any atom is 0.0847 e. The summed E-state index contributed by atoms with van der Waals surface area (Å²) in [5.41, 5.74) is 0. The second-order valence-corrected chi connectivity index (χ2v) is 8.63. The minimum atomic E-state index is 0.0254. The SMILES string of the molecule is CSOCCOCCOCCOCCOCCOCCOCCOCCOCCOCCOCCOCCOCCO. The summed E-state index contributed by atoms with van der Waals surface area (Å²) in [4.78, 5) is 0. The molecule has 0 aromatic heterocycles. The molecule has 0 aliphatic heterocycles. The van der Waals surface area contributed by atoms with E-state index >= 15 is 0 Å². The van der Waals surface area contributed by atoms with E-state index in [1.807, 2.05) is 6.26 Å². The monoisotopic (exact) mass is 636 g/mol. The van der Waals surface area contributed by atoms with E-state index in [9.17, 15) is 0 Å². The first-order chi connectivity index (χ1) is 20.9. The summed E-state index contributed by atoms with van der Waals surface area (Å²) in [6, 6.07) is 0. The molecule has 254 valence electrons. The van der Waals surface area contributed by atoms with Crippen molar-refractivity contribution >= 4 is 12.0 Å². The van der Waals surface area contributed by atoms with Gasteiger partial charge in [0.25, 0.3) is 0 Å². The fourth-order valence-electron chi connectivity index (χ4n) is 2.76. The average molecular weight is 637 g/mol. The predicted octanol–water partition coefficient (Wildman–Crippen LogP) is 0.473. The summed E-state index contributed by atoms with van der Waals surface area (Å²) in [6.45, 7) is 12.8. The molecule has 14 nitrogen and oxygen atoms in total. The normalized spacial score (nSPS) is 11.6. The van der Waals surface area contributed by atoms with Gasteiger partial charge in [0.1, 0.15) is 0 Å². The molecule has 0 aliphatic rings. The van der Waals surface area contributed by atoms with Crippen molar-refractivity contribution in [3.8, 4) is 0 Å². The van der Waals surface area contributed by atoms with Gasteiger partial charge in [-0.25, -0.2) is 0 Å². The Hall–Kier alpha value is -0.210. The van der Waals surface area contributed by atoms with Crippen LogP contribution in [-0.2, 0) is 61.0 Å². The van der Waals surface area contributed by atoms with E-state index in [4.69, 9.17) is 66.1 Å². The van der Waals surface area contributed by atoms with Gasteiger partial charge < -0.3 is 66.1 Å². The molecule has 0 rings (SSSR count). The Morgan fingerprint density at radius 3 is 0.619 bits per heavy atom. The van der Waals surface area contributed by atoms with Gasteiger partial charge in [-0.15, -0.1) is 0 Å². The van der Waals surface area contributed by atoms with Gasteiger partial charge in [0.15, 0.2) is 0 Å². The van der Waals surface area contributed by atoms with Gasteiger partial charge in [-0.3, -0.25) is 0 Å². The minimum absolute atomic E-state index is 0.0254. The lowest BCUT2D eigenvalue weighted by Gasteiger charge is -2.09. The number of ether oxygens (including phenoxy) is 12. The van der Waals surface area contributed by atoms with Crippen LogP contribution in [0.3, 0.4) is 0 Å². The van der Waals surface area contributed by atoms with Crippen LogP contribution in [0.15, 0.2) is 0 Å². The zero-order chi connectivity index (χ0) is 30.3. The van der Waals surface area contributed by atoms with E-state index in [1.165, 1.54) is 12.0 Å². The number of aliphatic hydroxyl groups is 1. The Morgan fingerprint density at radius 2 is 0.452 bits per heavy atom. The smallest absolute Gasteiger partial charge is 0.0847 e. The molecular formula is C27H56O14S. The van der Waals surface area contributed by atoms with Crippen molar-refractivity contribution in [3.05, 3.63) is 0 Å². The van der Waals surface area contributed by atoms with E-state index in [0.29, 0.717) is 165 Å². The molecule has 0 fully saturated rings. The van der Waals surface area contributed by atoms with Gasteiger partial charge in [-0.2, -0.15) is 0 Å². The van der Waals surface area contributed by atoms with Gasteiger partial charge in [0.05, 0.1) is 172 Å². The molecule has 42 heavy (non-hydrogen) atoms. The Labute approximate surface area is 256 Å². The molecule has 1 N–H and O–H groups in total. The maximum atomic E-state index is 8.57. The minimum Gasteiger partial charge on any atom is -0.394 e. The van der Waals surface area contributed by atoms with E-state index in [1.54, 1.807) is 0 Å². The topological polar surface area (TPSA) is 140 Å². The summed E-state index contributed by atoms with van der Waals surface area (Å²) in [7, 11) is 0. The second kappa shape index (κ2) is 40.8. The van der Waals surface area contributed by atoms with Gasteiger partial charge in [-0.05, 0) is 12.0 Å². The lowest BCUT2D eigenvalue weighted by Crippen LogP contribution is -2.15. The summed E-state index contributed by atoms with van der Waals surface area (Å²) < 4.78 is 69.8. The third kappa shape index (κ3) is 39.8. The van der Waals surface area contributed by atoms with Crippen LogP contribution in [0.5, 0.6) is 0 Å². The zero-order valence-corrected chi connectivity index (χ0v) is 26.4. The van der Waals surface area contributed by atoms with Crippen LogP contribution in [0.4, 0.5) is 0 Å². The van der Waals surface area contributed by atoms with Crippen LogP contribution in [0, 0.1) is 0 Å². The van der Waals surface area contributed by atoms with Crippen molar-refractivity contribution in [2.75, 3.05) is 178 Å². The number of hydrogen-bond acceptors (Lipinski definition) is 15. The third-order valence-corrected chi connectivity index (χ3v) is 5.16. The molecule has 0 bridgehead atoms. The van der Waals surface area contributed by atoms with Crippen LogP contribution in [0.1, 0.15) is 0 Å². The zero-order valence-electron chi connectivity index (χ0n) is 25.5. The van der Waals surface area contributed by atoms with Crippen molar-refractivity contribution in [3.63, 3.8) is 0 Å². The van der Waals surface area contributed by atoms with Gasteiger partial charge in [-0.1, -0.05) is 0 Å². The Balaban J connectivity index is 3.02. The molecule has 0 heterocycles. The third-order valence-electron chi connectivity index (χ3n) is 4.76. The van der Waals surface area contributed by atoms with Crippen molar-refractivity contribution in [2.24, 2.45) is 0 Å². The molecule has 0 aromatic rings. The highest BCUT2D eigenvalue weighted by Gasteiger charge is 1.96. The second-order valence-electron chi connectivity index (χ2n) is 8.06. The largest absolute Gasteiger partial charge is 0.394 e. The maximum absolute atomic E-state index is 8.57. The molecule has 0 spiro atoms. The summed E-state index contributed by atoms with van der Waals surface area (Å²) in [6.07, 6.45) is 1.88. The molecule has 0 aliphatic carbocycles. The molecule has 0 aromatic carbocycles. The molecule has 15 heteroatoms. The fraction of sp³-hybridized carbons (Fsp3) is 1.00. The first-order valence-electron chi connectivity index (χ1n) is 14.6. The molecule has 0 amide bonds. The molecule has 0 radical (unpaired) electrons. The number of rotatable bonds is 39. The number of hydrogen-bond donors (Lipinski definition) is 1. The summed E-state index contributed by atoms with van der Waals surface area (Å²) in [5, 5.41) is 8.57. The fourth-order valence-corrected chi connectivity index (χ4v) is 3.00. The van der Waals surface area contributed by atoms with E-state index in [0.717, 1.165) is 0 Å². The summed E-state index contributed by atoms with van der Waals surface area (Å²) >= 11 is 1.33. The molecule has 0 atom stereocenters. The van der Waals surface area contributed by atoms with Gasteiger partial charge >= 0.3 is 0 Å². The van der Waals surface area contributed by atoms with E-state index < -0.39 is 0 Å². The van der Waals surface area contributed by atoms with Crippen LogP contribution in [0.25, 0.3) is 0 Å². The van der Waals surface area contributed by atoms with Crippen molar-refractivity contribution in [1.29, 1.82) is 0 Å². The highest BCUT2D eigenvalue weighted by atomic mass is 32.2. The molecular weight excluding hydrogens is 580 g/mol.